The fourth-order valence-corrected chi connectivity index (χ4v) is 4.85. The van der Waals surface area contributed by atoms with Crippen LogP contribution >= 0.6 is 11.8 Å². The van der Waals surface area contributed by atoms with E-state index in [0.717, 1.165) is 16.5 Å². The molecular weight excluding hydrogens is 532 g/mol. The zero-order valence-electron chi connectivity index (χ0n) is 23.6. The summed E-state index contributed by atoms with van der Waals surface area (Å²) >= 11 is 1.48. The maximum atomic E-state index is 13.4. The normalized spacial score (nSPS) is 15.0. The van der Waals surface area contributed by atoms with Crippen LogP contribution in [0.5, 0.6) is 0 Å². The van der Waals surface area contributed by atoms with Crippen molar-refractivity contribution in [2.24, 2.45) is 17.4 Å². The van der Waals surface area contributed by atoms with Crippen LogP contribution in [0.25, 0.3) is 10.9 Å². The average Bonchev–Trinajstić information content (AvgIpc) is 3.35. The number of nitrogens with two attached hydrogens (primary N) is 2. The standard InChI is InChI=1S/C28H44N6O5S/c1-4-17(2)24(27(37)33-23(28(38)39)12-14-40-3)34-26(36)22(11-7-8-13-29)32-25(35)20(30)15-18-16-31-21-10-6-5-9-19(18)21/h5-6,9-10,16-17,20,22-24,31H,4,7-8,11-15,29-30H2,1-3H3,(H,32,35)(H,33,37)(H,34,36)(H,38,39). The van der Waals surface area contributed by atoms with Crippen LogP contribution in [0.15, 0.2) is 30.5 Å². The number of carboxylic acid groups (broad SMARTS) is 1. The topological polar surface area (TPSA) is 192 Å². The molecule has 5 unspecified atom stereocenters. The van der Waals surface area contributed by atoms with Crippen molar-refractivity contribution in [2.45, 2.75) is 76.5 Å². The smallest absolute Gasteiger partial charge is 0.326 e. The number of hydrogen-bond acceptors (Lipinski definition) is 7. The first-order valence-corrected chi connectivity index (χ1v) is 15.2. The zero-order valence-corrected chi connectivity index (χ0v) is 24.4. The van der Waals surface area contributed by atoms with Gasteiger partial charge in [-0.25, -0.2) is 4.79 Å². The molecule has 5 atom stereocenters. The average molecular weight is 577 g/mol. The van der Waals surface area contributed by atoms with Crippen molar-refractivity contribution in [1.29, 1.82) is 0 Å². The summed E-state index contributed by atoms with van der Waals surface area (Å²) in [5.41, 5.74) is 13.7. The van der Waals surface area contributed by atoms with Gasteiger partial charge < -0.3 is 37.5 Å². The van der Waals surface area contributed by atoms with Gasteiger partial charge in [0.1, 0.15) is 18.1 Å². The van der Waals surface area contributed by atoms with Crippen LogP contribution in [-0.4, -0.2) is 76.5 Å². The number of aromatic amines is 1. The molecule has 2 aromatic rings. The number of unbranched alkanes of at least 4 members (excludes halogenated alkanes) is 1. The van der Waals surface area contributed by atoms with E-state index < -0.39 is 47.9 Å². The minimum absolute atomic E-state index is 0.259. The van der Waals surface area contributed by atoms with Gasteiger partial charge in [-0.2, -0.15) is 11.8 Å². The van der Waals surface area contributed by atoms with Crippen LogP contribution in [0.4, 0.5) is 0 Å². The third kappa shape index (κ3) is 9.83. The van der Waals surface area contributed by atoms with Gasteiger partial charge in [0.25, 0.3) is 0 Å². The van der Waals surface area contributed by atoms with E-state index in [9.17, 15) is 24.3 Å². The Hall–Kier alpha value is -3.09. The lowest BCUT2D eigenvalue weighted by Gasteiger charge is -2.28. The molecule has 222 valence electrons. The number of thioether (sulfide) groups is 1. The SMILES string of the molecule is CCC(C)C(NC(=O)C(CCCCN)NC(=O)C(N)Cc1c[nH]c2ccccc12)C(=O)NC(CCSC)C(=O)O. The summed E-state index contributed by atoms with van der Waals surface area (Å²) in [6, 6.07) is 3.85. The van der Waals surface area contributed by atoms with Crippen LogP contribution in [0.1, 0.15) is 51.5 Å². The van der Waals surface area contributed by atoms with Crippen molar-refractivity contribution < 1.29 is 24.3 Å². The summed E-state index contributed by atoms with van der Waals surface area (Å²) in [6.45, 7) is 4.12. The number of aliphatic carboxylic acids is 1. The number of fused-ring (bicyclic) bond motifs is 1. The van der Waals surface area contributed by atoms with Gasteiger partial charge in [-0.3, -0.25) is 14.4 Å². The number of hydrogen-bond donors (Lipinski definition) is 7. The predicted octanol–water partition coefficient (Wildman–Crippen LogP) is 1.50. The molecule has 0 aliphatic heterocycles. The molecule has 0 saturated carbocycles. The summed E-state index contributed by atoms with van der Waals surface area (Å²) in [4.78, 5) is 54.5. The molecule has 1 aromatic heterocycles. The van der Waals surface area contributed by atoms with Gasteiger partial charge in [-0.1, -0.05) is 38.5 Å². The van der Waals surface area contributed by atoms with Crippen LogP contribution in [-0.2, 0) is 25.6 Å². The molecule has 40 heavy (non-hydrogen) atoms. The van der Waals surface area contributed by atoms with Gasteiger partial charge in [0, 0.05) is 17.1 Å². The molecule has 0 fully saturated rings. The fourth-order valence-electron chi connectivity index (χ4n) is 4.38. The van der Waals surface area contributed by atoms with Gasteiger partial charge in [0.05, 0.1) is 6.04 Å². The maximum absolute atomic E-state index is 13.4. The first kappa shape index (κ1) is 33.1. The fraction of sp³-hybridized carbons (Fsp3) is 0.571. The summed E-state index contributed by atoms with van der Waals surface area (Å²) in [5, 5.41) is 18.6. The summed E-state index contributed by atoms with van der Waals surface area (Å²) < 4.78 is 0. The Bertz CT molecular complexity index is 1130. The first-order chi connectivity index (χ1) is 19.1. The van der Waals surface area contributed by atoms with Gasteiger partial charge in [0.15, 0.2) is 0 Å². The number of benzene rings is 1. The minimum Gasteiger partial charge on any atom is -0.480 e. The molecule has 11 nitrogen and oxygen atoms in total. The highest BCUT2D eigenvalue weighted by atomic mass is 32.2. The lowest BCUT2D eigenvalue weighted by atomic mass is 9.96. The second-order valence-electron chi connectivity index (χ2n) is 10.1. The highest BCUT2D eigenvalue weighted by Gasteiger charge is 2.32. The van der Waals surface area contributed by atoms with Crippen molar-refractivity contribution >= 4 is 46.4 Å². The molecule has 3 amide bonds. The molecule has 0 bridgehead atoms. The Morgan fingerprint density at radius 1 is 1.00 bits per heavy atom. The molecule has 0 aliphatic carbocycles. The number of aromatic nitrogens is 1. The molecule has 0 saturated heterocycles. The second-order valence-corrected chi connectivity index (χ2v) is 11.1. The monoisotopic (exact) mass is 576 g/mol. The van der Waals surface area contributed by atoms with E-state index >= 15 is 0 Å². The van der Waals surface area contributed by atoms with Crippen molar-refractivity contribution in [3.63, 3.8) is 0 Å². The Morgan fingerprint density at radius 3 is 2.35 bits per heavy atom. The molecule has 1 heterocycles. The van der Waals surface area contributed by atoms with E-state index in [1.165, 1.54) is 11.8 Å². The third-order valence-electron chi connectivity index (χ3n) is 7.05. The van der Waals surface area contributed by atoms with E-state index in [0.29, 0.717) is 38.0 Å². The Morgan fingerprint density at radius 2 is 1.70 bits per heavy atom. The number of nitrogens with one attached hydrogen (secondary N) is 4. The van der Waals surface area contributed by atoms with Crippen LogP contribution in [0.3, 0.4) is 0 Å². The molecule has 1 aromatic carbocycles. The molecular formula is C28H44N6O5S. The quantitative estimate of drug-likeness (QED) is 0.130. The number of para-hydroxylation sites is 1. The van der Waals surface area contributed by atoms with Crippen LogP contribution in [0, 0.1) is 5.92 Å². The minimum atomic E-state index is -1.13. The highest BCUT2D eigenvalue weighted by Crippen LogP contribution is 2.19. The number of carbonyl (C=O) groups is 4. The summed E-state index contributed by atoms with van der Waals surface area (Å²) in [5.74, 6) is -2.42. The Balaban J connectivity index is 2.14. The molecule has 0 spiro atoms. The third-order valence-corrected chi connectivity index (χ3v) is 7.69. The Kier molecular flexibility index (Phi) is 14.0. The zero-order chi connectivity index (χ0) is 29.7. The summed E-state index contributed by atoms with van der Waals surface area (Å²) in [6.07, 6.45) is 6.34. The molecule has 0 radical (unpaired) electrons. The van der Waals surface area contributed by atoms with E-state index in [-0.39, 0.29) is 18.8 Å². The molecule has 9 N–H and O–H groups in total. The maximum Gasteiger partial charge on any atom is 0.326 e. The number of rotatable bonds is 18. The van der Waals surface area contributed by atoms with Gasteiger partial charge in [-0.15, -0.1) is 0 Å². The second kappa shape index (κ2) is 16.9. The largest absolute Gasteiger partial charge is 0.480 e. The summed E-state index contributed by atoms with van der Waals surface area (Å²) in [7, 11) is 0. The van der Waals surface area contributed by atoms with Gasteiger partial charge >= 0.3 is 5.97 Å². The number of amides is 3. The van der Waals surface area contributed by atoms with Gasteiger partial charge in [0.2, 0.25) is 17.7 Å². The molecule has 12 heteroatoms. The number of H-pyrrole nitrogens is 1. The van der Waals surface area contributed by atoms with Crippen molar-refractivity contribution in [2.75, 3.05) is 18.6 Å². The van der Waals surface area contributed by atoms with E-state index in [1.807, 2.05) is 43.6 Å². The van der Waals surface area contributed by atoms with E-state index in [4.69, 9.17) is 11.5 Å². The first-order valence-electron chi connectivity index (χ1n) is 13.8. The number of carboxylic acids is 1. The predicted molar refractivity (Wildman–Crippen MR) is 159 cm³/mol. The van der Waals surface area contributed by atoms with Crippen LogP contribution < -0.4 is 27.4 Å². The highest BCUT2D eigenvalue weighted by molar-refractivity contribution is 7.98. The van der Waals surface area contributed by atoms with Gasteiger partial charge in [-0.05, 0) is 68.2 Å². The molecule has 2 rings (SSSR count). The van der Waals surface area contributed by atoms with Crippen molar-refractivity contribution in [3.8, 4) is 0 Å². The molecule has 0 aliphatic rings. The van der Waals surface area contributed by atoms with Crippen molar-refractivity contribution in [3.05, 3.63) is 36.0 Å². The van der Waals surface area contributed by atoms with E-state index in [1.54, 1.807) is 6.92 Å². The van der Waals surface area contributed by atoms with Crippen LogP contribution in [0.2, 0.25) is 0 Å². The van der Waals surface area contributed by atoms with E-state index in [2.05, 4.69) is 20.9 Å². The Labute approximate surface area is 240 Å². The lowest BCUT2D eigenvalue weighted by Crippen LogP contribution is -2.58. The lowest BCUT2D eigenvalue weighted by molar-refractivity contribution is -0.142. The van der Waals surface area contributed by atoms with Crippen molar-refractivity contribution in [1.82, 2.24) is 20.9 Å². The number of carbonyl (C=O) groups excluding carboxylic acids is 3.